The smallest absolute Gasteiger partial charge is 0.152 e. The zero-order valence-corrected chi connectivity index (χ0v) is 13.4. The normalized spacial score (nSPS) is 23.8. The van der Waals surface area contributed by atoms with Gasteiger partial charge >= 0.3 is 0 Å². The van der Waals surface area contributed by atoms with Crippen LogP contribution in [-0.4, -0.2) is 16.3 Å². The Morgan fingerprint density at radius 1 is 0.864 bits per heavy atom. The Hall–Kier alpha value is -1.84. The van der Waals surface area contributed by atoms with Gasteiger partial charge in [0, 0.05) is 5.56 Å². The lowest BCUT2D eigenvalue weighted by Gasteiger charge is -2.35. The molecule has 2 aromatic carbocycles. The van der Waals surface area contributed by atoms with Crippen molar-refractivity contribution in [2.45, 2.75) is 46.0 Å². The van der Waals surface area contributed by atoms with Gasteiger partial charge in [0.2, 0.25) is 0 Å². The molecule has 0 radical (unpaired) electrons. The van der Waals surface area contributed by atoms with Crippen molar-refractivity contribution in [3.05, 3.63) is 63.7 Å². The molecule has 2 aromatic rings. The predicted molar refractivity (Wildman–Crippen MR) is 86.2 cm³/mol. The minimum Gasteiger partial charge on any atom is -0.482 e. The molecule has 0 aromatic heterocycles. The number of rotatable bonds is 1. The molecule has 0 amide bonds. The Kier molecular flexibility index (Phi) is 3.71. The molecule has 1 heterocycles. The zero-order valence-electron chi connectivity index (χ0n) is 13.4. The van der Waals surface area contributed by atoms with Crippen molar-refractivity contribution in [2.75, 3.05) is 0 Å². The number of aryl methyl sites for hydroxylation is 4. The van der Waals surface area contributed by atoms with Crippen LogP contribution >= 0.6 is 0 Å². The maximum absolute atomic E-state index is 10.5. The van der Waals surface area contributed by atoms with E-state index in [9.17, 15) is 10.2 Å². The van der Waals surface area contributed by atoms with Crippen LogP contribution in [-0.2, 0) is 0 Å². The third kappa shape index (κ3) is 2.40. The molecule has 2 N–H and O–H groups in total. The highest BCUT2D eigenvalue weighted by atomic mass is 16.5. The van der Waals surface area contributed by atoms with Gasteiger partial charge in [-0.1, -0.05) is 24.3 Å². The van der Waals surface area contributed by atoms with Crippen molar-refractivity contribution in [3.63, 3.8) is 0 Å². The fourth-order valence-electron chi connectivity index (χ4n) is 3.17. The van der Waals surface area contributed by atoms with Crippen molar-refractivity contribution < 1.29 is 14.9 Å². The van der Waals surface area contributed by atoms with Gasteiger partial charge in [0.05, 0.1) is 0 Å². The Balaban J connectivity index is 2.06. The van der Waals surface area contributed by atoms with E-state index in [-0.39, 0.29) is 0 Å². The summed E-state index contributed by atoms with van der Waals surface area (Å²) in [5.41, 5.74) is 5.95. The van der Waals surface area contributed by atoms with Crippen molar-refractivity contribution in [2.24, 2.45) is 0 Å². The third-order valence-corrected chi connectivity index (χ3v) is 4.54. The first-order valence-corrected chi connectivity index (χ1v) is 7.59. The van der Waals surface area contributed by atoms with Gasteiger partial charge in [0.25, 0.3) is 0 Å². The summed E-state index contributed by atoms with van der Waals surface area (Å²) in [5, 5.41) is 21.0. The van der Waals surface area contributed by atoms with Crippen LogP contribution in [0.4, 0.5) is 0 Å². The first-order chi connectivity index (χ1) is 10.4. The van der Waals surface area contributed by atoms with Gasteiger partial charge in [-0.2, -0.15) is 0 Å². The molecule has 3 atom stereocenters. The second-order valence-electron chi connectivity index (χ2n) is 6.31. The molecule has 3 rings (SSSR count). The Bertz CT molecular complexity index is 721. The van der Waals surface area contributed by atoms with Crippen LogP contribution in [0.3, 0.4) is 0 Å². The molecule has 3 nitrogen and oxygen atoms in total. The van der Waals surface area contributed by atoms with E-state index in [4.69, 9.17) is 4.74 Å². The summed E-state index contributed by atoms with van der Waals surface area (Å²) in [6, 6.07) is 9.91. The molecule has 116 valence electrons. The lowest BCUT2D eigenvalue weighted by Crippen LogP contribution is -2.35. The summed E-state index contributed by atoms with van der Waals surface area (Å²) in [6.45, 7) is 8.02. The highest BCUT2D eigenvalue weighted by molar-refractivity contribution is 5.47. The van der Waals surface area contributed by atoms with Crippen LogP contribution in [0.25, 0.3) is 0 Å². The molecule has 0 saturated heterocycles. The van der Waals surface area contributed by atoms with Crippen LogP contribution in [0, 0.1) is 27.7 Å². The molecule has 3 unspecified atom stereocenters. The minimum atomic E-state index is -0.976. The summed E-state index contributed by atoms with van der Waals surface area (Å²) in [6.07, 6.45) is -2.46. The lowest BCUT2D eigenvalue weighted by molar-refractivity contribution is -0.0703. The van der Waals surface area contributed by atoms with E-state index in [2.05, 4.69) is 0 Å². The third-order valence-electron chi connectivity index (χ3n) is 4.54. The first-order valence-electron chi connectivity index (χ1n) is 7.59. The summed E-state index contributed by atoms with van der Waals surface area (Å²) >= 11 is 0. The molecule has 0 spiro atoms. The molecule has 0 bridgehead atoms. The van der Waals surface area contributed by atoms with Gasteiger partial charge in [0.15, 0.2) is 6.10 Å². The number of aliphatic hydroxyl groups is 2. The van der Waals surface area contributed by atoms with Crippen LogP contribution in [0.15, 0.2) is 30.3 Å². The topological polar surface area (TPSA) is 49.7 Å². The van der Waals surface area contributed by atoms with Gasteiger partial charge in [-0.15, -0.1) is 0 Å². The minimum absolute atomic E-state index is 0.553. The van der Waals surface area contributed by atoms with E-state index in [1.54, 1.807) is 0 Å². The Morgan fingerprint density at radius 3 is 2.27 bits per heavy atom. The summed E-state index contributed by atoms with van der Waals surface area (Å²) in [5.74, 6) is 0.665. The highest BCUT2D eigenvalue weighted by Crippen LogP contribution is 2.43. The number of fused-ring (bicyclic) bond motifs is 1. The molecule has 0 fully saturated rings. The van der Waals surface area contributed by atoms with Crippen LogP contribution in [0.5, 0.6) is 5.75 Å². The maximum atomic E-state index is 10.5. The van der Waals surface area contributed by atoms with Crippen LogP contribution < -0.4 is 4.74 Å². The number of hydrogen-bond acceptors (Lipinski definition) is 3. The molecular weight excluding hydrogens is 276 g/mol. The number of ether oxygens (including phenoxy) is 1. The average molecular weight is 298 g/mol. The van der Waals surface area contributed by atoms with Gasteiger partial charge in [-0.25, -0.2) is 0 Å². The number of aliphatic hydroxyl groups excluding tert-OH is 2. The predicted octanol–water partition coefficient (Wildman–Crippen LogP) is 3.45. The van der Waals surface area contributed by atoms with Gasteiger partial charge < -0.3 is 14.9 Å². The molecule has 1 aliphatic rings. The number of hydrogen-bond donors (Lipinski definition) is 2. The van der Waals surface area contributed by atoms with Crippen LogP contribution in [0.1, 0.15) is 45.6 Å². The quantitative estimate of drug-likeness (QED) is 0.848. The van der Waals surface area contributed by atoms with E-state index in [0.717, 1.165) is 22.3 Å². The average Bonchev–Trinajstić information content (AvgIpc) is 2.45. The lowest BCUT2D eigenvalue weighted by atomic mass is 9.88. The molecular formula is C19H22O3. The van der Waals surface area contributed by atoms with E-state index in [1.165, 1.54) is 5.56 Å². The van der Waals surface area contributed by atoms with Crippen molar-refractivity contribution >= 4 is 0 Å². The van der Waals surface area contributed by atoms with Crippen molar-refractivity contribution in [3.8, 4) is 5.75 Å². The molecule has 22 heavy (non-hydrogen) atoms. The van der Waals surface area contributed by atoms with Gasteiger partial charge in [-0.05, 0) is 61.6 Å². The van der Waals surface area contributed by atoms with E-state index in [0.29, 0.717) is 11.3 Å². The number of benzene rings is 2. The van der Waals surface area contributed by atoms with Crippen molar-refractivity contribution in [1.29, 1.82) is 0 Å². The largest absolute Gasteiger partial charge is 0.482 e. The first kappa shape index (κ1) is 15.1. The van der Waals surface area contributed by atoms with E-state index >= 15 is 0 Å². The van der Waals surface area contributed by atoms with Gasteiger partial charge in [0.1, 0.15) is 18.0 Å². The summed E-state index contributed by atoms with van der Waals surface area (Å²) in [4.78, 5) is 0. The summed E-state index contributed by atoms with van der Waals surface area (Å²) in [7, 11) is 0. The SMILES string of the molecule is Cc1cc(C)c2c(c1)OC(c1ccc(C)c(C)c1)C(O)C2O. The van der Waals surface area contributed by atoms with Gasteiger partial charge in [-0.3, -0.25) is 0 Å². The fraction of sp³-hybridized carbons (Fsp3) is 0.368. The van der Waals surface area contributed by atoms with E-state index in [1.807, 2.05) is 58.0 Å². The molecule has 1 aliphatic heterocycles. The Labute approximate surface area is 131 Å². The summed E-state index contributed by atoms with van der Waals surface area (Å²) < 4.78 is 6.05. The van der Waals surface area contributed by atoms with E-state index < -0.39 is 18.3 Å². The van der Waals surface area contributed by atoms with Crippen LogP contribution in [0.2, 0.25) is 0 Å². The fourth-order valence-corrected chi connectivity index (χ4v) is 3.17. The molecule has 3 heteroatoms. The second-order valence-corrected chi connectivity index (χ2v) is 6.31. The molecule has 0 saturated carbocycles. The highest BCUT2D eigenvalue weighted by Gasteiger charge is 2.38. The monoisotopic (exact) mass is 298 g/mol. The van der Waals surface area contributed by atoms with Crippen molar-refractivity contribution in [1.82, 2.24) is 0 Å². The zero-order chi connectivity index (χ0) is 16.0. The maximum Gasteiger partial charge on any atom is 0.152 e. The Morgan fingerprint density at radius 2 is 1.59 bits per heavy atom. The second kappa shape index (κ2) is 5.41. The standard InChI is InChI=1S/C19H22O3/c1-10-7-13(4)16-15(8-10)22-19(18(21)17(16)20)14-6-5-11(2)12(3)9-14/h5-9,17-21H,1-4H3. The molecule has 0 aliphatic carbocycles.